The van der Waals surface area contributed by atoms with Crippen molar-refractivity contribution in [1.82, 2.24) is 0 Å². The molecule has 2 atom stereocenters. The summed E-state index contributed by atoms with van der Waals surface area (Å²) >= 11 is 1.54. The standard InChI is InChI=1S/C43H37N3S/c1-26-23-29(45-38-18-9-10-19-39(38)46-37-17-8-7-16-36(37)44-42(45)46)21-22-30(26)32-24-28(3)33(25-27(32)2)31-13-12-15-35-41(31)47-40-20-11-6-14-34(40)43(35,4)5/h6-25,36-37H,1-5H3/i1D3,2D3,3D3. The number of aliphatic imine (C=N–C) groups is 1. The van der Waals surface area contributed by atoms with Gasteiger partial charge in [-0.05, 0) is 101 Å². The predicted octanol–water partition coefficient (Wildman–Crippen LogP) is 10.9. The lowest BCUT2D eigenvalue weighted by Gasteiger charge is -2.35. The second-order valence-electron chi connectivity index (χ2n) is 13.0. The van der Waals surface area contributed by atoms with Crippen LogP contribution in [0.2, 0.25) is 0 Å². The molecule has 3 aliphatic heterocycles. The number of para-hydroxylation sites is 2. The zero-order chi connectivity index (χ0) is 39.5. The summed E-state index contributed by atoms with van der Waals surface area (Å²) in [4.78, 5) is 11.0. The Morgan fingerprint density at radius 1 is 0.681 bits per heavy atom. The largest absolute Gasteiger partial charge is 0.300 e. The molecule has 0 spiro atoms. The van der Waals surface area contributed by atoms with Gasteiger partial charge in [0.05, 0.1) is 23.5 Å². The maximum absolute atomic E-state index is 8.75. The van der Waals surface area contributed by atoms with E-state index in [0.717, 1.165) is 32.3 Å². The Hall–Kier alpha value is -4.80. The van der Waals surface area contributed by atoms with Gasteiger partial charge in [0, 0.05) is 33.2 Å². The second kappa shape index (κ2) is 10.4. The van der Waals surface area contributed by atoms with Gasteiger partial charge in [0.15, 0.2) is 0 Å². The predicted molar refractivity (Wildman–Crippen MR) is 199 cm³/mol. The van der Waals surface area contributed by atoms with Gasteiger partial charge in [-0.2, -0.15) is 0 Å². The van der Waals surface area contributed by atoms with E-state index in [9.17, 15) is 0 Å². The SMILES string of the molecule is [2H]C([2H])([2H])c1cc(N2C3=NC4C=CC=CC4N3c3ccccc32)ccc1-c1cc(C([2H])([2H])[2H])c(-c2cccc3c2Sc2ccccc2C3(C)C)cc1C([2H])([2H])[2H]. The first-order valence-corrected chi connectivity index (χ1v) is 16.6. The van der Waals surface area contributed by atoms with E-state index in [2.05, 4.69) is 30.9 Å². The first-order valence-electron chi connectivity index (χ1n) is 20.3. The number of hydrogen-bond acceptors (Lipinski definition) is 4. The summed E-state index contributed by atoms with van der Waals surface area (Å²) < 4.78 is 78.7. The molecule has 4 aliphatic rings. The normalized spacial score (nSPS) is 23.2. The van der Waals surface area contributed by atoms with Crippen molar-refractivity contribution in [3.8, 4) is 22.3 Å². The molecule has 0 amide bonds. The monoisotopic (exact) mass is 636 g/mol. The van der Waals surface area contributed by atoms with Crippen LogP contribution in [0.1, 0.15) is 54.0 Å². The van der Waals surface area contributed by atoms with Gasteiger partial charge in [0.1, 0.15) is 0 Å². The van der Waals surface area contributed by atoms with Crippen molar-refractivity contribution in [1.29, 1.82) is 0 Å². The second-order valence-corrected chi connectivity index (χ2v) is 14.0. The molecule has 9 rings (SSSR count). The molecule has 0 fully saturated rings. The van der Waals surface area contributed by atoms with Crippen molar-refractivity contribution in [3.63, 3.8) is 0 Å². The highest BCUT2D eigenvalue weighted by Crippen LogP contribution is 2.53. The Morgan fingerprint density at radius 2 is 1.38 bits per heavy atom. The average Bonchev–Trinajstić information content (AvgIpc) is 3.68. The highest BCUT2D eigenvalue weighted by molar-refractivity contribution is 7.99. The fourth-order valence-corrected chi connectivity index (χ4v) is 9.07. The van der Waals surface area contributed by atoms with Crippen molar-refractivity contribution in [2.45, 2.75) is 61.7 Å². The van der Waals surface area contributed by atoms with E-state index in [4.69, 9.17) is 17.3 Å². The molecule has 2 unspecified atom stereocenters. The average molecular weight is 637 g/mol. The van der Waals surface area contributed by atoms with Crippen molar-refractivity contribution >= 4 is 34.8 Å². The van der Waals surface area contributed by atoms with Gasteiger partial charge in [-0.25, -0.2) is 4.99 Å². The minimum atomic E-state index is -2.72. The summed E-state index contributed by atoms with van der Waals surface area (Å²) in [5.74, 6) is 0.661. The van der Waals surface area contributed by atoms with Crippen molar-refractivity contribution in [2.75, 3.05) is 9.80 Å². The van der Waals surface area contributed by atoms with Crippen LogP contribution in [-0.4, -0.2) is 18.0 Å². The Bertz CT molecular complexity index is 2550. The number of allylic oxidation sites excluding steroid dienone is 2. The lowest BCUT2D eigenvalue weighted by Crippen LogP contribution is -2.39. The highest BCUT2D eigenvalue weighted by Gasteiger charge is 2.44. The van der Waals surface area contributed by atoms with E-state index in [0.29, 0.717) is 17.2 Å². The maximum atomic E-state index is 8.75. The molecule has 230 valence electrons. The molecule has 3 heterocycles. The molecule has 5 aromatic rings. The summed E-state index contributed by atoms with van der Waals surface area (Å²) in [6.07, 6.45) is 8.11. The van der Waals surface area contributed by atoms with Crippen molar-refractivity contribution in [3.05, 3.63) is 149 Å². The molecule has 0 N–H and O–H groups in total. The third kappa shape index (κ3) is 4.17. The van der Waals surface area contributed by atoms with Gasteiger partial charge < -0.3 is 4.90 Å². The molecule has 47 heavy (non-hydrogen) atoms. The van der Waals surface area contributed by atoms with Crippen LogP contribution >= 0.6 is 11.8 Å². The number of guanidine groups is 1. The highest BCUT2D eigenvalue weighted by atomic mass is 32.2. The fraction of sp³-hybridized carbons (Fsp3) is 0.186. The van der Waals surface area contributed by atoms with Crippen molar-refractivity contribution in [2.24, 2.45) is 4.99 Å². The van der Waals surface area contributed by atoms with Crippen LogP contribution < -0.4 is 9.80 Å². The molecule has 0 bridgehead atoms. The Morgan fingerprint density at radius 3 is 2.21 bits per heavy atom. The minimum Gasteiger partial charge on any atom is -0.300 e. The molecule has 3 nitrogen and oxygen atoms in total. The first-order chi connectivity index (χ1) is 26.4. The number of fused-ring (bicyclic) bond motifs is 7. The quantitative estimate of drug-likeness (QED) is 0.196. The number of benzene rings is 5. The van der Waals surface area contributed by atoms with Crippen LogP contribution in [0.3, 0.4) is 0 Å². The summed E-state index contributed by atoms with van der Waals surface area (Å²) in [5, 5.41) is 0. The van der Waals surface area contributed by atoms with E-state index in [-0.39, 0.29) is 45.5 Å². The molecule has 0 aromatic heterocycles. The van der Waals surface area contributed by atoms with Gasteiger partial charge in [-0.1, -0.05) is 117 Å². The summed E-state index contributed by atoms with van der Waals surface area (Å²) in [6, 6.07) is 29.4. The molecular weight excluding hydrogens is 591 g/mol. The van der Waals surface area contributed by atoms with Crippen LogP contribution in [-0.2, 0) is 5.41 Å². The Balaban J connectivity index is 1.24. The van der Waals surface area contributed by atoms with E-state index < -0.39 is 26.0 Å². The molecule has 1 aliphatic carbocycles. The molecule has 4 heteroatoms. The lowest BCUT2D eigenvalue weighted by molar-refractivity contribution is 0.608. The van der Waals surface area contributed by atoms with E-state index in [1.807, 2.05) is 83.8 Å². The maximum Gasteiger partial charge on any atom is 0.211 e. The first kappa shape index (κ1) is 20.4. The topological polar surface area (TPSA) is 18.8 Å². The molecule has 0 saturated carbocycles. The number of rotatable bonds is 3. The lowest BCUT2D eigenvalue weighted by atomic mass is 9.76. The zero-order valence-electron chi connectivity index (χ0n) is 35.0. The summed E-state index contributed by atoms with van der Waals surface area (Å²) in [5.41, 5.74) is 4.87. The summed E-state index contributed by atoms with van der Waals surface area (Å²) in [7, 11) is 0. The van der Waals surface area contributed by atoms with Crippen LogP contribution in [0.25, 0.3) is 22.3 Å². The minimum absolute atomic E-state index is 0.0318. The van der Waals surface area contributed by atoms with Gasteiger partial charge >= 0.3 is 0 Å². The summed E-state index contributed by atoms with van der Waals surface area (Å²) in [6.45, 7) is -3.82. The Kier molecular flexibility index (Phi) is 4.50. The molecule has 0 radical (unpaired) electrons. The molecular formula is C43H37N3S. The van der Waals surface area contributed by atoms with Gasteiger partial charge in [0.2, 0.25) is 5.96 Å². The molecule has 5 aromatic carbocycles. The third-order valence-corrected chi connectivity index (χ3v) is 11.1. The number of aryl methyl sites for hydroxylation is 3. The zero-order valence-corrected chi connectivity index (χ0v) is 26.8. The number of nitrogens with zero attached hydrogens (tertiary/aromatic N) is 3. The smallest absolute Gasteiger partial charge is 0.211 e. The van der Waals surface area contributed by atoms with E-state index in [1.54, 1.807) is 30.0 Å². The van der Waals surface area contributed by atoms with Crippen molar-refractivity contribution < 1.29 is 12.3 Å². The Labute approximate surface area is 294 Å². The third-order valence-electron chi connectivity index (χ3n) is 9.90. The van der Waals surface area contributed by atoms with E-state index in [1.165, 1.54) is 12.1 Å². The fourth-order valence-electron chi connectivity index (χ4n) is 7.55. The van der Waals surface area contributed by atoms with Crippen LogP contribution in [0.5, 0.6) is 0 Å². The van der Waals surface area contributed by atoms with Crippen LogP contribution in [0, 0.1) is 20.6 Å². The van der Waals surface area contributed by atoms with Crippen LogP contribution in [0.4, 0.5) is 17.1 Å². The van der Waals surface area contributed by atoms with Gasteiger partial charge in [0.25, 0.3) is 0 Å². The van der Waals surface area contributed by atoms with Crippen LogP contribution in [0.15, 0.2) is 136 Å². The van der Waals surface area contributed by atoms with Gasteiger partial charge in [-0.3, -0.25) is 4.90 Å². The van der Waals surface area contributed by atoms with Gasteiger partial charge in [-0.15, -0.1) is 0 Å². The number of hydrogen-bond donors (Lipinski definition) is 0. The molecule has 0 saturated heterocycles. The number of anilines is 3. The van der Waals surface area contributed by atoms with E-state index >= 15 is 0 Å².